The van der Waals surface area contributed by atoms with Gasteiger partial charge in [0.05, 0.1) is 17.3 Å². The minimum Gasteiger partial charge on any atom is -0.503 e. The molecule has 1 fully saturated rings. The van der Waals surface area contributed by atoms with E-state index in [1.165, 1.54) is 23.2 Å². The topological polar surface area (TPSA) is 78.9 Å². The number of nitrogens with one attached hydrogen (secondary N) is 1. The van der Waals surface area contributed by atoms with Gasteiger partial charge in [0, 0.05) is 0 Å². The van der Waals surface area contributed by atoms with Crippen LogP contribution in [0.1, 0.15) is 25.0 Å². The van der Waals surface area contributed by atoms with E-state index in [9.17, 15) is 14.7 Å². The van der Waals surface area contributed by atoms with Crippen molar-refractivity contribution in [3.8, 4) is 11.5 Å². The number of amides is 2. The molecule has 27 heavy (non-hydrogen) atoms. The zero-order valence-electron chi connectivity index (χ0n) is 15.0. The molecule has 2 aromatic rings. The second-order valence-corrected chi connectivity index (χ2v) is 6.35. The van der Waals surface area contributed by atoms with Crippen molar-refractivity contribution in [3.63, 3.8) is 0 Å². The maximum atomic E-state index is 12.7. The number of anilines is 1. The van der Waals surface area contributed by atoms with Crippen molar-refractivity contribution < 1.29 is 19.4 Å². The Labute approximate surface area is 162 Å². The molecule has 1 heterocycles. The number of carbonyl (C=O) groups excluding carboxylic acids is 2. The van der Waals surface area contributed by atoms with Gasteiger partial charge in [-0.25, -0.2) is 5.01 Å². The van der Waals surface area contributed by atoms with Gasteiger partial charge in [0.15, 0.2) is 11.5 Å². The Balaban J connectivity index is 1.92. The minimum absolute atomic E-state index is 0.0289. The summed E-state index contributed by atoms with van der Waals surface area (Å²) < 4.78 is 5.33. The van der Waals surface area contributed by atoms with E-state index in [1.54, 1.807) is 19.1 Å². The van der Waals surface area contributed by atoms with Gasteiger partial charge in [-0.3, -0.25) is 15.0 Å². The van der Waals surface area contributed by atoms with Crippen LogP contribution >= 0.6 is 11.6 Å². The van der Waals surface area contributed by atoms with Gasteiger partial charge in [-0.15, -0.1) is 0 Å². The van der Waals surface area contributed by atoms with Crippen LogP contribution in [-0.4, -0.2) is 23.5 Å². The molecular weight excluding hydrogens is 368 g/mol. The number of phenols is 1. The third-order valence-electron chi connectivity index (χ3n) is 4.16. The molecule has 2 amide bonds. The summed E-state index contributed by atoms with van der Waals surface area (Å²) in [6.07, 6.45) is 2.31. The van der Waals surface area contributed by atoms with Crippen molar-refractivity contribution in [3.05, 3.63) is 58.1 Å². The Morgan fingerprint density at radius 1 is 1.19 bits per heavy atom. The summed E-state index contributed by atoms with van der Waals surface area (Å²) in [5.41, 5.74) is 4.71. The molecule has 1 saturated heterocycles. The van der Waals surface area contributed by atoms with Crippen LogP contribution in [0.4, 0.5) is 5.69 Å². The monoisotopic (exact) mass is 386 g/mol. The van der Waals surface area contributed by atoms with Crippen LogP contribution in [0.15, 0.2) is 42.0 Å². The lowest BCUT2D eigenvalue weighted by Crippen LogP contribution is -2.35. The van der Waals surface area contributed by atoms with Crippen LogP contribution in [0.25, 0.3) is 6.08 Å². The first-order valence-electron chi connectivity index (χ1n) is 8.56. The van der Waals surface area contributed by atoms with E-state index in [1.807, 2.05) is 19.1 Å². The van der Waals surface area contributed by atoms with E-state index in [4.69, 9.17) is 16.3 Å². The van der Waals surface area contributed by atoms with Gasteiger partial charge in [-0.2, -0.15) is 0 Å². The van der Waals surface area contributed by atoms with Crippen LogP contribution in [0, 0.1) is 0 Å². The molecule has 2 aromatic carbocycles. The summed E-state index contributed by atoms with van der Waals surface area (Å²) in [6, 6.07) is 10.4. The molecule has 0 aromatic heterocycles. The lowest BCUT2D eigenvalue weighted by atomic mass is 10.1. The summed E-state index contributed by atoms with van der Waals surface area (Å²) in [4.78, 5) is 25.0. The molecule has 2 N–H and O–H groups in total. The zero-order valence-corrected chi connectivity index (χ0v) is 15.7. The molecule has 1 aliphatic rings. The maximum absolute atomic E-state index is 12.7. The van der Waals surface area contributed by atoms with E-state index in [-0.39, 0.29) is 22.1 Å². The predicted octanol–water partition coefficient (Wildman–Crippen LogP) is 3.47. The molecule has 6 nitrogen and oxygen atoms in total. The fourth-order valence-electron chi connectivity index (χ4n) is 2.73. The van der Waals surface area contributed by atoms with E-state index in [2.05, 4.69) is 5.43 Å². The van der Waals surface area contributed by atoms with Crippen LogP contribution < -0.4 is 15.2 Å². The third kappa shape index (κ3) is 3.75. The fraction of sp³-hybridized carbons (Fsp3) is 0.200. The molecule has 1 aliphatic heterocycles. The minimum atomic E-state index is -0.512. The average molecular weight is 387 g/mol. The second-order valence-electron chi connectivity index (χ2n) is 5.94. The first-order valence-corrected chi connectivity index (χ1v) is 8.93. The van der Waals surface area contributed by atoms with Crippen molar-refractivity contribution in [2.75, 3.05) is 11.6 Å². The van der Waals surface area contributed by atoms with E-state index in [0.717, 1.165) is 12.0 Å². The molecule has 0 atom stereocenters. The zero-order chi connectivity index (χ0) is 19.6. The number of nitrogens with zero attached hydrogens (tertiary/aromatic N) is 1. The number of ether oxygens (including phenoxy) is 1. The number of rotatable bonds is 5. The van der Waals surface area contributed by atoms with Gasteiger partial charge < -0.3 is 9.84 Å². The van der Waals surface area contributed by atoms with E-state index < -0.39 is 11.8 Å². The number of hydrogen-bond acceptors (Lipinski definition) is 4. The van der Waals surface area contributed by atoms with Gasteiger partial charge in [0.2, 0.25) is 0 Å². The number of phenolic OH excluding ortho intramolecular Hbond substituents is 1. The van der Waals surface area contributed by atoms with Gasteiger partial charge in [-0.05, 0) is 54.8 Å². The normalized spacial score (nSPS) is 15.4. The third-order valence-corrected chi connectivity index (χ3v) is 4.44. The summed E-state index contributed by atoms with van der Waals surface area (Å²) in [5.74, 6) is -0.969. The highest BCUT2D eigenvalue weighted by Gasteiger charge is 2.34. The van der Waals surface area contributed by atoms with Crippen molar-refractivity contribution >= 4 is 35.2 Å². The Morgan fingerprint density at radius 2 is 1.89 bits per heavy atom. The van der Waals surface area contributed by atoms with Crippen molar-refractivity contribution in [1.29, 1.82) is 0 Å². The van der Waals surface area contributed by atoms with Crippen LogP contribution in [-0.2, 0) is 16.0 Å². The largest absolute Gasteiger partial charge is 0.503 e. The standard InChI is InChI=1S/C20H19ClN2O4/c1-3-12-5-7-14(8-6-12)23-20(26)15(19(25)22-23)9-13-10-16(21)18(24)17(11-13)27-4-2/h5-11,24H,3-4H2,1-2H3,(H,22,25)/b15-9-. The molecule has 3 rings (SSSR count). The van der Waals surface area contributed by atoms with Crippen molar-refractivity contribution in [1.82, 2.24) is 5.43 Å². The molecule has 0 spiro atoms. The first kappa shape index (κ1) is 18.8. The molecule has 0 bridgehead atoms. The Kier molecular flexibility index (Phi) is 5.37. The number of benzene rings is 2. The molecule has 0 unspecified atom stereocenters. The molecule has 0 radical (unpaired) electrons. The fourth-order valence-corrected chi connectivity index (χ4v) is 2.95. The van der Waals surface area contributed by atoms with Crippen LogP contribution in [0.3, 0.4) is 0 Å². The molecule has 140 valence electrons. The SMILES string of the molecule is CCOc1cc(/C=C2/C(=O)NN(c3ccc(CC)cc3)C2=O)cc(Cl)c1O. The van der Waals surface area contributed by atoms with Crippen molar-refractivity contribution in [2.24, 2.45) is 0 Å². The summed E-state index contributed by atoms with van der Waals surface area (Å²) in [7, 11) is 0. The quantitative estimate of drug-likeness (QED) is 0.609. The Bertz CT molecular complexity index is 922. The van der Waals surface area contributed by atoms with E-state index >= 15 is 0 Å². The molecule has 7 heteroatoms. The number of halogens is 1. The average Bonchev–Trinajstić information content (AvgIpc) is 2.94. The summed E-state index contributed by atoms with van der Waals surface area (Å²) in [6.45, 7) is 4.15. The number of carbonyl (C=O) groups is 2. The highest BCUT2D eigenvalue weighted by molar-refractivity contribution is 6.33. The maximum Gasteiger partial charge on any atom is 0.282 e. The lowest BCUT2D eigenvalue weighted by molar-refractivity contribution is -0.117. The Morgan fingerprint density at radius 3 is 2.52 bits per heavy atom. The summed E-state index contributed by atoms with van der Waals surface area (Å²) in [5, 5.41) is 11.2. The molecule has 0 aliphatic carbocycles. The highest BCUT2D eigenvalue weighted by Crippen LogP contribution is 2.36. The van der Waals surface area contributed by atoms with Gasteiger partial charge in [0.1, 0.15) is 5.57 Å². The molecule has 0 saturated carbocycles. The lowest BCUT2D eigenvalue weighted by Gasteiger charge is -2.14. The van der Waals surface area contributed by atoms with Gasteiger partial charge >= 0.3 is 0 Å². The highest BCUT2D eigenvalue weighted by atomic mass is 35.5. The molecular formula is C20H19ClN2O4. The predicted molar refractivity (Wildman–Crippen MR) is 104 cm³/mol. The van der Waals surface area contributed by atoms with Crippen LogP contribution in [0.2, 0.25) is 5.02 Å². The first-order chi connectivity index (χ1) is 12.9. The second kappa shape index (κ2) is 7.72. The number of hydrogen-bond donors (Lipinski definition) is 2. The van der Waals surface area contributed by atoms with E-state index in [0.29, 0.717) is 17.9 Å². The van der Waals surface area contributed by atoms with Gasteiger partial charge in [-0.1, -0.05) is 30.7 Å². The van der Waals surface area contributed by atoms with Gasteiger partial charge in [0.25, 0.3) is 11.8 Å². The summed E-state index contributed by atoms with van der Waals surface area (Å²) >= 11 is 6.01. The Hall–Kier alpha value is -2.99. The number of aromatic hydroxyl groups is 1. The number of hydrazine groups is 1. The number of aryl methyl sites for hydroxylation is 1. The smallest absolute Gasteiger partial charge is 0.282 e. The van der Waals surface area contributed by atoms with Crippen molar-refractivity contribution in [2.45, 2.75) is 20.3 Å². The van der Waals surface area contributed by atoms with Crippen LogP contribution in [0.5, 0.6) is 11.5 Å².